The molecular weight excluding hydrogens is 196 g/mol. The van der Waals surface area contributed by atoms with E-state index in [0.29, 0.717) is 0 Å². The van der Waals surface area contributed by atoms with Gasteiger partial charge in [-0.15, -0.1) is 0 Å². The quantitative estimate of drug-likeness (QED) is 0.721. The highest BCUT2D eigenvalue weighted by Crippen LogP contribution is 2.26. The summed E-state index contributed by atoms with van der Waals surface area (Å²) in [5.41, 5.74) is 1.54. The van der Waals surface area contributed by atoms with Crippen LogP contribution < -0.4 is 4.90 Å². The number of hydrogen-bond donors (Lipinski definition) is 0. The van der Waals surface area contributed by atoms with Crippen molar-refractivity contribution in [1.82, 2.24) is 4.98 Å². The highest BCUT2D eigenvalue weighted by atomic mass is 15.2. The number of allylic oxidation sites excluding steroid dienone is 1. The van der Waals surface area contributed by atoms with Crippen LogP contribution in [0.4, 0.5) is 5.82 Å². The lowest BCUT2D eigenvalue weighted by Crippen LogP contribution is -2.20. The summed E-state index contributed by atoms with van der Waals surface area (Å²) >= 11 is 0. The maximum Gasteiger partial charge on any atom is 0.128 e. The fourth-order valence-electron chi connectivity index (χ4n) is 2.37. The lowest BCUT2D eigenvalue weighted by Gasteiger charge is -2.17. The van der Waals surface area contributed by atoms with E-state index in [0.717, 1.165) is 31.2 Å². The summed E-state index contributed by atoms with van der Waals surface area (Å²) in [6.45, 7) is 6.72. The number of hydrogen-bond acceptors (Lipinski definition) is 2. The minimum Gasteiger partial charge on any atom is -0.356 e. The molecule has 0 saturated carbocycles. The summed E-state index contributed by atoms with van der Waals surface area (Å²) < 4.78 is 0. The van der Waals surface area contributed by atoms with Crippen molar-refractivity contribution >= 4 is 5.82 Å². The summed E-state index contributed by atoms with van der Waals surface area (Å²) in [6, 6.07) is 6.13. The molecule has 1 unspecified atom stereocenters. The van der Waals surface area contributed by atoms with Crippen molar-refractivity contribution in [2.45, 2.75) is 26.7 Å². The molecule has 2 heterocycles. The second-order valence-electron chi connectivity index (χ2n) is 4.48. The minimum atomic E-state index is 0.724. The molecule has 1 atom stereocenters. The lowest BCUT2D eigenvalue weighted by atomic mass is 9.99. The molecule has 2 nitrogen and oxygen atoms in total. The first-order valence-electron chi connectivity index (χ1n) is 6.14. The normalized spacial score (nSPS) is 21.5. The van der Waals surface area contributed by atoms with Gasteiger partial charge in [0.15, 0.2) is 0 Å². The first kappa shape index (κ1) is 11.2. The van der Waals surface area contributed by atoms with Gasteiger partial charge in [0.2, 0.25) is 0 Å². The Labute approximate surface area is 98.0 Å². The zero-order valence-electron chi connectivity index (χ0n) is 10.2. The van der Waals surface area contributed by atoms with Gasteiger partial charge in [0.05, 0.1) is 0 Å². The fraction of sp³-hybridized carbons (Fsp3) is 0.500. The minimum absolute atomic E-state index is 0.724. The topological polar surface area (TPSA) is 16.1 Å². The molecule has 86 valence electrons. The van der Waals surface area contributed by atoms with Crippen LogP contribution in [0.5, 0.6) is 0 Å². The van der Waals surface area contributed by atoms with Crippen molar-refractivity contribution < 1.29 is 0 Å². The lowest BCUT2D eigenvalue weighted by molar-refractivity contribution is 0.685. The van der Waals surface area contributed by atoms with Gasteiger partial charge in [-0.05, 0) is 37.8 Å². The van der Waals surface area contributed by atoms with E-state index in [-0.39, 0.29) is 0 Å². The van der Waals surface area contributed by atoms with E-state index >= 15 is 0 Å². The van der Waals surface area contributed by atoms with Gasteiger partial charge >= 0.3 is 0 Å². The third-order valence-electron chi connectivity index (χ3n) is 3.33. The standard InChI is InChI=1S/C14H20N2/c1-3-6-12(2)13-8-10-16(11-13)14-7-4-5-9-15-14/h4-7,9,13H,3,8,10-11H2,1-2H3/b12-6+. The molecule has 0 spiro atoms. The van der Waals surface area contributed by atoms with E-state index in [9.17, 15) is 0 Å². The third kappa shape index (κ3) is 2.43. The van der Waals surface area contributed by atoms with Crippen LogP contribution >= 0.6 is 0 Å². The average Bonchev–Trinajstić information content (AvgIpc) is 2.80. The van der Waals surface area contributed by atoms with E-state index in [4.69, 9.17) is 0 Å². The average molecular weight is 216 g/mol. The van der Waals surface area contributed by atoms with Crippen molar-refractivity contribution in [2.24, 2.45) is 5.92 Å². The van der Waals surface area contributed by atoms with Gasteiger partial charge in [-0.2, -0.15) is 0 Å². The molecule has 0 radical (unpaired) electrons. The zero-order chi connectivity index (χ0) is 11.4. The van der Waals surface area contributed by atoms with Crippen molar-refractivity contribution in [3.8, 4) is 0 Å². The molecule has 1 aromatic rings. The number of nitrogens with zero attached hydrogens (tertiary/aromatic N) is 2. The fourth-order valence-corrected chi connectivity index (χ4v) is 2.37. The van der Waals surface area contributed by atoms with Crippen LogP contribution in [0.3, 0.4) is 0 Å². The molecule has 1 fully saturated rings. The molecule has 1 aliphatic rings. The Morgan fingerprint density at radius 3 is 3.12 bits per heavy atom. The summed E-state index contributed by atoms with van der Waals surface area (Å²) in [6.07, 6.45) is 6.63. The predicted molar refractivity (Wildman–Crippen MR) is 68.6 cm³/mol. The van der Waals surface area contributed by atoms with Gasteiger partial charge < -0.3 is 4.90 Å². The highest BCUT2D eigenvalue weighted by molar-refractivity contribution is 5.39. The Morgan fingerprint density at radius 2 is 2.44 bits per heavy atom. The molecule has 1 aromatic heterocycles. The molecule has 0 amide bonds. The van der Waals surface area contributed by atoms with Crippen molar-refractivity contribution in [2.75, 3.05) is 18.0 Å². The number of aromatic nitrogens is 1. The molecule has 0 N–H and O–H groups in total. The van der Waals surface area contributed by atoms with Gasteiger partial charge in [-0.25, -0.2) is 4.98 Å². The maximum absolute atomic E-state index is 4.41. The van der Waals surface area contributed by atoms with Gasteiger partial charge in [-0.3, -0.25) is 0 Å². The van der Waals surface area contributed by atoms with Crippen LogP contribution in [0.25, 0.3) is 0 Å². The van der Waals surface area contributed by atoms with Gasteiger partial charge in [0, 0.05) is 19.3 Å². The summed E-state index contributed by atoms with van der Waals surface area (Å²) in [7, 11) is 0. The second kappa shape index (κ2) is 5.15. The van der Waals surface area contributed by atoms with E-state index in [1.807, 2.05) is 12.3 Å². The molecule has 1 aliphatic heterocycles. The van der Waals surface area contributed by atoms with E-state index in [1.54, 1.807) is 5.57 Å². The summed E-state index contributed by atoms with van der Waals surface area (Å²) in [4.78, 5) is 6.79. The Morgan fingerprint density at radius 1 is 1.56 bits per heavy atom. The van der Waals surface area contributed by atoms with Crippen LogP contribution in [0.15, 0.2) is 36.0 Å². The Hall–Kier alpha value is -1.31. The van der Waals surface area contributed by atoms with E-state index < -0.39 is 0 Å². The molecule has 2 rings (SSSR count). The molecule has 2 heteroatoms. The van der Waals surface area contributed by atoms with E-state index in [2.05, 4.69) is 41.9 Å². The Balaban J connectivity index is 2.01. The molecular formula is C14H20N2. The Kier molecular flexibility index (Phi) is 3.60. The van der Waals surface area contributed by atoms with Crippen molar-refractivity contribution in [1.29, 1.82) is 0 Å². The van der Waals surface area contributed by atoms with Gasteiger partial charge in [0.25, 0.3) is 0 Å². The van der Waals surface area contributed by atoms with Crippen LogP contribution in [0.2, 0.25) is 0 Å². The summed E-state index contributed by atoms with van der Waals surface area (Å²) in [5.74, 6) is 1.84. The zero-order valence-corrected chi connectivity index (χ0v) is 10.2. The third-order valence-corrected chi connectivity index (χ3v) is 3.33. The van der Waals surface area contributed by atoms with Crippen LogP contribution in [0.1, 0.15) is 26.7 Å². The summed E-state index contributed by atoms with van der Waals surface area (Å²) in [5, 5.41) is 0. The molecule has 0 aliphatic carbocycles. The first-order valence-corrected chi connectivity index (χ1v) is 6.14. The largest absolute Gasteiger partial charge is 0.356 e. The Bertz CT molecular complexity index is 356. The monoisotopic (exact) mass is 216 g/mol. The van der Waals surface area contributed by atoms with Crippen molar-refractivity contribution in [3.63, 3.8) is 0 Å². The van der Waals surface area contributed by atoms with Gasteiger partial charge in [-0.1, -0.05) is 24.6 Å². The first-order chi connectivity index (χ1) is 7.81. The van der Waals surface area contributed by atoms with E-state index in [1.165, 1.54) is 6.42 Å². The van der Waals surface area contributed by atoms with Gasteiger partial charge in [0.1, 0.15) is 5.82 Å². The number of anilines is 1. The molecule has 0 aromatic carbocycles. The smallest absolute Gasteiger partial charge is 0.128 e. The van der Waals surface area contributed by atoms with Crippen LogP contribution in [0, 0.1) is 5.92 Å². The number of pyridine rings is 1. The maximum atomic E-state index is 4.41. The molecule has 0 bridgehead atoms. The number of rotatable bonds is 3. The van der Waals surface area contributed by atoms with Crippen molar-refractivity contribution in [3.05, 3.63) is 36.0 Å². The predicted octanol–water partition coefficient (Wildman–Crippen LogP) is 3.26. The van der Waals surface area contributed by atoms with Crippen LogP contribution in [-0.4, -0.2) is 18.1 Å². The SMILES string of the molecule is CC/C=C(\C)C1CCN(c2ccccn2)C1. The molecule has 16 heavy (non-hydrogen) atoms. The van der Waals surface area contributed by atoms with Crippen LogP contribution in [-0.2, 0) is 0 Å². The second-order valence-corrected chi connectivity index (χ2v) is 4.48. The molecule has 1 saturated heterocycles. The highest BCUT2D eigenvalue weighted by Gasteiger charge is 2.23.